The third-order valence-corrected chi connectivity index (χ3v) is 3.55. The summed E-state index contributed by atoms with van der Waals surface area (Å²) in [6, 6.07) is 6.02. The van der Waals surface area contributed by atoms with Crippen LogP contribution in [0.1, 0.15) is 12.0 Å². The highest BCUT2D eigenvalue weighted by Crippen LogP contribution is 2.25. The fraction of sp³-hybridized carbons (Fsp3) is 0.588. The third-order valence-electron chi connectivity index (χ3n) is 3.55. The van der Waals surface area contributed by atoms with Crippen LogP contribution in [0.3, 0.4) is 0 Å². The van der Waals surface area contributed by atoms with Crippen LogP contribution in [0.15, 0.2) is 29.3 Å². The van der Waals surface area contributed by atoms with Gasteiger partial charge in [-0.15, -0.1) is 37.1 Å². The number of hydrogen-bond donors (Lipinski definition) is 2. The van der Waals surface area contributed by atoms with Crippen LogP contribution in [0.25, 0.3) is 0 Å². The lowest BCUT2D eigenvalue weighted by molar-refractivity contribution is -0.274. The summed E-state index contributed by atoms with van der Waals surface area (Å²) in [6.45, 7) is 3.30. The Bertz CT molecular complexity index is 559. The van der Waals surface area contributed by atoms with Crippen molar-refractivity contribution in [3.05, 3.63) is 29.8 Å². The van der Waals surface area contributed by atoms with Gasteiger partial charge >= 0.3 is 6.36 Å². The van der Waals surface area contributed by atoms with E-state index in [1.54, 1.807) is 26.3 Å². The number of halogens is 4. The molecule has 0 aliphatic rings. The molecule has 0 spiro atoms. The van der Waals surface area contributed by atoms with E-state index < -0.39 is 6.36 Å². The van der Waals surface area contributed by atoms with Gasteiger partial charge in [-0.25, -0.2) is 0 Å². The Kier molecular flexibility index (Phi) is 13.2. The summed E-state index contributed by atoms with van der Waals surface area (Å²) in [5.74, 6) is 0.300. The molecule has 2 N–H and O–H groups in total. The molecule has 156 valence electrons. The van der Waals surface area contributed by atoms with Crippen LogP contribution in [-0.2, 0) is 11.3 Å². The van der Waals surface area contributed by atoms with Crippen LogP contribution in [0.5, 0.6) is 5.75 Å². The van der Waals surface area contributed by atoms with Gasteiger partial charge in [0.2, 0.25) is 0 Å². The Hall–Kier alpha value is -1.27. The van der Waals surface area contributed by atoms with Gasteiger partial charge in [0.1, 0.15) is 5.75 Å². The maximum atomic E-state index is 12.4. The number of benzene rings is 1. The second-order valence-corrected chi connectivity index (χ2v) is 5.66. The van der Waals surface area contributed by atoms with Crippen LogP contribution in [0.4, 0.5) is 13.2 Å². The van der Waals surface area contributed by atoms with Crippen molar-refractivity contribution < 1.29 is 22.6 Å². The topological polar surface area (TPSA) is 58.1 Å². The van der Waals surface area contributed by atoms with Crippen LogP contribution in [0.2, 0.25) is 0 Å². The Labute approximate surface area is 175 Å². The molecule has 1 aromatic carbocycles. The van der Waals surface area contributed by atoms with Crippen molar-refractivity contribution >= 4 is 29.9 Å². The standard InChI is InChI=1S/C17H27F3N4O2.HI/c1-21-16(22-9-6-10-24(2)11-12-25-3)23-13-14-7-4-5-8-15(14)26-17(18,19)20;/h4-5,7-8H,6,9-13H2,1-3H3,(H2,21,22,23);1H. The minimum absolute atomic E-state index is 0. The van der Waals surface area contributed by atoms with Crippen molar-refractivity contribution in [3.63, 3.8) is 0 Å². The van der Waals surface area contributed by atoms with Gasteiger partial charge in [-0.2, -0.15) is 0 Å². The van der Waals surface area contributed by atoms with Crippen LogP contribution >= 0.6 is 24.0 Å². The van der Waals surface area contributed by atoms with E-state index in [0.29, 0.717) is 24.7 Å². The molecule has 1 rings (SSSR count). The minimum Gasteiger partial charge on any atom is -0.405 e. The lowest BCUT2D eigenvalue weighted by Crippen LogP contribution is -2.38. The predicted molar refractivity (Wildman–Crippen MR) is 111 cm³/mol. The molecule has 0 bridgehead atoms. The summed E-state index contributed by atoms with van der Waals surface area (Å²) in [5, 5.41) is 6.13. The second kappa shape index (κ2) is 13.8. The number of hydrogen-bond acceptors (Lipinski definition) is 4. The zero-order chi connectivity index (χ0) is 19.4. The predicted octanol–water partition coefficient (Wildman–Crippen LogP) is 2.84. The fourth-order valence-electron chi connectivity index (χ4n) is 2.19. The quantitative estimate of drug-likeness (QED) is 0.222. The summed E-state index contributed by atoms with van der Waals surface area (Å²) in [4.78, 5) is 6.23. The number of alkyl halides is 3. The Morgan fingerprint density at radius 1 is 1.19 bits per heavy atom. The van der Waals surface area contributed by atoms with E-state index in [0.717, 1.165) is 19.5 Å². The van der Waals surface area contributed by atoms with E-state index in [-0.39, 0.29) is 36.3 Å². The number of likely N-dealkylation sites (N-methyl/N-ethyl adjacent to an activating group) is 1. The Balaban J connectivity index is 0.00000676. The van der Waals surface area contributed by atoms with E-state index in [1.165, 1.54) is 12.1 Å². The van der Waals surface area contributed by atoms with E-state index in [4.69, 9.17) is 4.74 Å². The first-order valence-corrected chi connectivity index (χ1v) is 8.31. The van der Waals surface area contributed by atoms with Crippen molar-refractivity contribution in [3.8, 4) is 5.75 Å². The number of nitrogens with zero attached hydrogens (tertiary/aromatic N) is 2. The largest absolute Gasteiger partial charge is 0.573 e. The summed E-state index contributed by atoms with van der Waals surface area (Å²) in [6.07, 6.45) is -3.82. The second-order valence-electron chi connectivity index (χ2n) is 5.66. The fourth-order valence-corrected chi connectivity index (χ4v) is 2.19. The number of rotatable bonds is 10. The number of methoxy groups -OCH3 is 1. The first-order chi connectivity index (χ1) is 12.4. The minimum atomic E-state index is -4.72. The van der Waals surface area contributed by atoms with Gasteiger partial charge in [-0.05, 0) is 26.1 Å². The van der Waals surface area contributed by atoms with Crippen molar-refractivity contribution in [2.75, 3.05) is 47.4 Å². The maximum Gasteiger partial charge on any atom is 0.573 e. The van der Waals surface area contributed by atoms with Gasteiger partial charge in [0, 0.05) is 39.4 Å². The third kappa shape index (κ3) is 11.9. The highest BCUT2D eigenvalue weighted by Gasteiger charge is 2.31. The average Bonchev–Trinajstić information content (AvgIpc) is 2.59. The molecular formula is C17H28F3IN4O2. The van der Waals surface area contributed by atoms with E-state index in [9.17, 15) is 13.2 Å². The van der Waals surface area contributed by atoms with Crippen LogP contribution in [-0.4, -0.2) is 64.7 Å². The highest BCUT2D eigenvalue weighted by atomic mass is 127. The highest BCUT2D eigenvalue weighted by molar-refractivity contribution is 14.0. The summed E-state index contributed by atoms with van der Waals surface area (Å²) >= 11 is 0. The monoisotopic (exact) mass is 504 g/mol. The van der Waals surface area contributed by atoms with E-state index in [2.05, 4.69) is 25.3 Å². The molecule has 0 aliphatic carbocycles. The van der Waals surface area contributed by atoms with Gasteiger partial charge in [0.05, 0.1) is 6.61 Å². The molecule has 27 heavy (non-hydrogen) atoms. The lowest BCUT2D eigenvalue weighted by atomic mass is 10.2. The van der Waals surface area contributed by atoms with Gasteiger partial charge in [0.25, 0.3) is 0 Å². The molecule has 6 nitrogen and oxygen atoms in total. The molecule has 10 heteroatoms. The van der Waals surface area contributed by atoms with Crippen molar-refractivity contribution in [1.82, 2.24) is 15.5 Å². The van der Waals surface area contributed by atoms with Crippen molar-refractivity contribution in [2.45, 2.75) is 19.3 Å². The van der Waals surface area contributed by atoms with Crippen LogP contribution < -0.4 is 15.4 Å². The lowest BCUT2D eigenvalue weighted by Gasteiger charge is -2.17. The molecule has 0 atom stereocenters. The van der Waals surface area contributed by atoms with Crippen molar-refractivity contribution in [2.24, 2.45) is 4.99 Å². The molecule has 0 aliphatic heterocycles. The van der Waals surface area contributed by atoms with E-state index in [1.807, 2.05) is 7.05 Å². The van der Waals surface area contributed by atoms with Crippen molar-refractivity contribution in [1.29, 1.82) is 0 Å². The summed E-state index contributed by atoms with van der Waals surface area (Å²) in [5.41, 5.74) is 0.395. The molecule has 0 fully saturated rings. The first kappa shape index (κ1) is 25.7. The summed E-state index contributed by atoms with van der Waals surface area (Å²) in [7, 11) is 5.30. The molecule has 0 radical (unpaired) electrons. The van der Waals surface area contributed by atoms with Gasteiger partial charge in [-0.1, -0.05) is 18.2 Å². The number of nitrogens with one attached hydrogen (secondary N) is 2. The zero-order valence-corrected chi connectivity index (χ0v) is 18.1. The van der Waals surface area contributed by atoms with Gasteiger partial charge in [0.15, 0.2) is 5.96 Å². The number of para-hydroxylation sites is 1. The number of ether oxygens (including phenoxy) is 2. The average molecular weight is 504 g/mol. The smallest absolute Gasteiger partial charge is 0.405 e. The van der Waals surface area contributed by atoms with Crippen LogP contribution in [0, 0.1) is 0 Å². The summed E-state index contributed by atoms with van der Waals surface area (Å²) < 4.78 is 46.4. The molecule has 0 aromatic heterocycles. The molecule has 0 heterocycles. The first-order valence-electron chi connectivity index (χ1n) is 8.31. The number of aliphatic imine (C=N–C) groups is 1. The SMILES string of the molecule is CN=C(NCCCN(C)CCOC)NCc1ccccc1OC(F)(F)F.I. The maximum absolute atomic E-state index is 12.4. The molecular weight excluding hydrogens is 476 g/mol. The van der Waals surface area contributed by atoms with E-state index >= 15 is 0 Å². The Morgan fingerprint density at radius 2 is 1.89 bits per heavy atom. The molecule has 0 unspecified atom stereocenters. The molecule has 0 saturated carbocycles. The van der Waals surface area contributed by atoms with Gasteiger partial charge < -0.3 is 25.0 Å². The Morgan fingerprint density at radius 3 is 2.52 bits per heavy atom. The molecule has 0 saturated heterocycles. The molecule has 1 aromatic rings. The number of guanidine groups is 1. The normalized spacial score (nSPS) is 11.9. The zero-order valence-electron chi connectivity index (χ0n) is 15.8. The molecule has 0 amide bonds. The van der Waals surface area contributed by atoms with Gasteiger partial charge in [-0.3, -0.25) is 4.99 Å².